The summed E-state index contributed by atoms with van der Waals surface area (Å²) in [5.41, 5.74) is 2.07. The van der Waals surface area contributed by atoms with E-state index in [0.29, 0.717) is 15.8 Å². The first-order valence-electron chi connectivity index (χ1n) is 8.59. The summed E-state index contributed by atoms with van der Waals surface area (Å²) in [5.74, 6) is 1.58. The molecule has 0 radical (unpaired) electrons. The molecule has 1 aromatic carbocycles. The average molecular weight is 426 g/mol. The number of thioether (sulfide) groups is 1. The second-order valence-electron chi connectivity index (χ2n) is 6.31. The Morgan fingerprint density at radius 3 is 2.58 bits per heavy atom. The average Bonchev–Trinajstić information content (AvgIpc) is 3.21. The number of hydrogen-bond acceptors (Lipinski definition) is 4. The van der Waals surface area contributed by atoms with Crippen molar-refractivity contribution in [3.05, 3.63) is 50.1 Å². The third-order valence-electron chi connectivity index (χ3n) is 4.00. The molecule has 3 rings (SSSR count). The maximum absolute atomic E-state index is 6.29. The molecule has 138 valence electrons. The fourth-order valence-corrected chi connectivity index (χ4v) is 5.50. The quantitative estimate of drug-likeness (QED) is 0.376. The van der Waals surface area contributed by atoms with Crippen LogP contribution in [0.4, 0.5) is 0 Å². The first kappa shape index (κ1) is 19.7. The van der Waals surface area contributed by atoms with Gasteiger partial charge in [-0.3, -0.25) is 4.57 Å². The monoisotopic (exact) mass is 425 g/mol. The molecule has 0 saturated carbocycles. The molecule has 2 heterocycles. The topological polar surface area (TPSA) is 30.7 Å². The first-order valence-corrected chi connectivity index (χ1v) is 11.2. The molecule has 0 aliphatic carbocycles. The van der Waals surface area contributed by atoms with Crippen molar-refractivity contribution >= 4 is 46.3 Å². The molecule has 7 heteroatoms. The maximum atomic E-state index is 6.29. The van der Waals surface area contributed by atoms with Crippen molar-refractivity contribution < 1.29 is 0 Å². The summed E-state index contributed by atoms with van der Waals surface area (Å²) < 4.78 is 2.19. The van der Waals surface area contributed by atoms with Gasteiger partial charge in [0.05, 0.1) is 0 Å². The fourth-order valence-electron chi connectivity index (χ4n) is 2.72. The van der Waals surface area contributed by atoms with Crippen LogP contribution in [-0.4, -0.2) is 14.8 Å². The Morgan fingerprint density at radius 2 is 1.92 bits per heavy atom. The predicted octanol–water partition coefficient (Wildman–Crippen LogP) is 7.14. The Kier molecular flexibility index (Phi) is 6.67. The zero-order valence-electron chi connectivity index (χ0n) is 15.0. The van der Waals surface area contributed by atoms with E-state index in [4.69, 9.17) is 23.2 Å². The van der Waals surface area contributed by atoms with Crippen molar-refractivity contribution in [2.45, 2.75) is 50.6 Å². The van der Waals surface area contributed by atoms with E-state index in [0.717, 1.165) is 34.9 Å². The van der Waals surface area contributed by atoms with Gasteiger partial charge in [0, 0.05) is 37.7 Å². The van der Waals surface area contributed by atoms with Gasteiger partial charge in [0.2, 0.25) is 0 Å². The van der Waals surface area contributed by atoms with E-state index in [1.807, 2.05) is 18.2 Å². The zero-order valence-corrected chi connectivity index (χ0v) is 18.1. The van der Waals surface area contributed by atoms with Crippen molar-refractivity contribution in [2.75, 3.05) is 0 Å². The van der Waals surface area contributed by atoms with Gasteiger partial charge in [0.25, 0.3) is 0 Å². The van der Waals surface area contributed by atoms with Gasteiger partial charge in [-0.05, 0) is 44.0 Å². The molecule has 26 heavy (non-hydrogen) atoms. The predicted molar refractivity (Wildman–Crippen MR) is 114 cm³/mol. The van der Waals surface area contributed by atoms with E-state index < -0.39 is 0 Å². The number of thiophene rings is 1. The number of hydrogen-bond donors (Lipinski definition) is 0. The Balaban J connectivity index is 1.87. The van der Waals surface area contributed by atoms with E-state index in [1.165, 1.54) is 4.88 Å². The highest BCUT2D eigenvalue weighted by Crippen LogP contribution is 2.34. The number of halogens is 2. The Morgan fingerprint density at radius 1 is 1.19 bits per heavy atom. The van der Waals surface area contributed by atoms with E-state index >= 15 is 0 Å². The number of aryl methyl sites for hydroxylation is 1. The summed E-state index contributed by atoms with van der Waals surface area (Å²) in [5, 5.41) is 13.3. The lowest BCUT2D eigenvalue weighted by molar-refractivity contribution is 0.555. The van der Waals surface area contributed by atoms with Gasteiger partial charge in [0.15, 0.2) is 11.0 Å². The molecule has 0 aliphatic rings. The minimum absolute atomic E-state index is 0.263. The van der Waals surface area contributed by atoms with Gasteiger partial charge in [0.1, 0.15) is 0 Å². The molecule has 0 fully saturated rings. The summed E-state index contributed by atoms with van der Waals surface area (Å²) in [6.45, 7) is 6.50. The highest BCUT2D eigenvalue weighted by molar-refractivity contribution is 7.98. The lowest BCUT2D eigenvalue weighted by Crippen LogP contribution is -2.05. The van der Waals surface area contributed by atoms with Crippen LogP contribution in [0.2, 0.25) is 10.0 Å². The summed E-state index contributed by atoms with van der Waals surface area (Å²) in [6, 6.07) is 8.08. The summed E-state index contributed by atoms with van der Waals surface area (Å²) >= 11 is 16.0. The summed E-state index contributed by atoms with van der Waals surface area (Å²) in [6.07, 6.45) is 2.25. The van der Waals surface area contributed by atoms with Crippen LogP contribution in [0.25, 0.3) is 11.4 Å². The van der Waals surface area contributed by atoms with Gasteiger partial charge < -0.3 is 0 Å². The van der Waals surface area contributed by atoms with Crippen LogP contribution in [0.5, 0.6) is 0 Å². The smallest absolute Gasteiger partial charge is 0.192 e. The summed E-state index contributed by atoms with van der Waals surface area (Å²) in [4.78, 5) is 1.39. The van der Waals surface area contributed by atoms with Gasteiger partial charge in [-0.15, -0.1) is 21.5 Å². The molecule has 0 aliphatic heterocycles. The standard InChI is InChI=1S/C19H21Cl2N3S2/c1-4-6-14-9-13(10-25-14)18-22-23-19(24(18)12(2)3)26-11-15-16(20)7-5-8-17(15)21/h5,7-10,12H,4,6,11H2,1-3H3. The number of aromatic nitrogens is 3. The molecule has 0 bridgehead atoms. The Hall–Kier alpha value is -1.01. The molecule has 2 aromatic heterocycles. The van der Waals surface area contributed by atoms with Crippen LogP contribution in [0, 0.1) is 0 Å². The molecule has 0 N–H and O–H groups in total. The first-order chi connectivity index (χ1) is 12.5. The molecular weight excluding hydrogens is 405 g/mol. The van der Waals surface area contributed by atoms with Crippen molar-refractivity contribution in [2.24, 2.45) is 0 Å². The Labute approximate surface area is 172 Å². The fraction of sp³-hybridized carbons (Fsp3) is 0.368. The zero-order chi connectivity index (χ0) is 18.7. The van der Waals surface area contributed by atoms with Crippen molar-refractivity contribution in [1.82, 2.24) is 14.8 Å². The molecule has 3 aromatic rings. The minimum atomic E-state index is 0.263. The maximum Gasteiger partial charge on any atom is 0.192 e. The molecule has 3 nitrogen and oxygen atoms in total. The van der Waals surface area contributed by atoms with Crippen LogP contribution < -0.4 is 0 Å². The van der Waals surface area contributed by atoms with Crippen LogP contribution >= 0.6 is 46.3 Å². The van der Waals surface area contributed by atoms with Gasteiger partial charge in [-0.2, -0.15) is 0 Å². The van der Waals surface area contributed by atoms with Crippen LogP contribution in [-0.2, 0) is 12.2 Å². The van der Waals surface area contributed by atoms with E-state index in [1.54, 1.807) is 23.1 Å². The third-order valence-corrected chi connectivity index (χ3v) is 6.67. The van der Waals surface area contributed by atoms with Crippen LogP contribution in [0.1, 0.15) is 43.7 Å². The van der Waals surface area contributed by atoms with Gasteiger partial charge in [-0.1, -0.05) is 54.4 Å². The molecule has 0 atom stereocenters. The van der Waals surface area contributed by atoms with Crippen LogP contribution in [0.15, 0.2) is 34.8 Å². The van der Waals surface area contributed by atoms with E-state index in [9.17, 15) is 0 Å². The van der Waals surface area contributed by atoms with Gasteiger partial charge in [-0.25, -0.2) is 0 Å². The van der Waals surface area contributed by atoms with E-state index in [-0.39, 0.29) is 6.04 Å². The molecule has 0 saturated heterocycles. The highest BCUT2D eigenvalue weighted by Gasteiger charge is 2.18. The highest BCUT2D eigenvalue weighted by atomic mass is 35.5. The molecule has 0 spiro atoms. The molecule has 0 amide bonds. The largest absolute Gasteiger partial charge is 0.299 e. The van der Waals surface area contributed by atoms with E-state index in [2.05, 4.69) is 47.0 Å². The van der Waals surface area contributed by atoms with Crippen molar-refractivity contribution in [3.63, 3.8) is 0 Å². The normalized spacial score (nSPS) is 11.5. The van der Waals surface area contributed by atoms with Crippen LogP contribution in [0.3, 0.4) is 0 Å². The summed E-state index contributed by atoms with van der Waals surface area (Å²) in [7, 11) is 0. The Bertz CT molecular complexity index is 867. The third kappa shape index (κ3) is 4.28. The molecular formula is C19H21Cl2N3S2. The second-order valence-corrected chi connectivity index (χ2v) is 9.06. The lowest BCUT2D eigenvalue weighted by atomic mass is 10.2. The van der Waals surface area contributed by atoms with Crippen molar-refractivity contribution in [1.29, 1.82) is 0 Å². The SMILES string of the molecule is CCCc1cc(-c2nnc(SCc3c(Cl)cccc3Cl)n2C(C)C)cs1. The lowest BCUT2D eigenvalue weighted by Gasteiger charge is -2.13. The molecule has 0 unspecified atom stereocenters. The number of nitrogens with zero attached hydrogens (tertiary/aromatic N) is 3. The second kappa shape index (κ2) is 8.79. The van der Waals surface area contributed by atoms with Crippen molar-refractivity contribution in [3.8, 4) is 11.4 Å². The van der Waals surface area contributed by atoms with Gasteiger partial charge >= 0.3 is 0 Å². The number of rotatable bonds is 7. The minimum Gasteiger partial charge on any atom is -0.299 e. The number of benzene rings is 1.